The fourth-order valence-corrected chi connectivity index (χ4v) is 5.40. The van der Waals surface area contributed by atoms with Gasteiger partial charge in [0.1, 0.15) is 0 Å². The van der Waals surface area contributed by atoms with Crippen LogP contribution >= 0.6 is 0 Å². The summed E-state index contributed by atoms with van der Waals surface area (Å²) < 4.78 is 37.2. The van der Waals surface area contributed by atoms with Gasteiger partial charge in [0.05, 0.1) is 53.9 Å². The number of hydrogen-bond acceptors (Lipinski definition) is 7. The molecule has 1 saturated heterocycles. The molecule has 0 N–H and O–H groups in total. The molecule has 0 radical (unpaired) electrons. The second-order valence-corrected chi connectivity index (χ2v) is 9.77. The predicted molar refractivity (Wildman–Crippen MR) is 144 cm³/mol. The number of aromatic nitrogens is 4. The van der Waals surface area contributed by atoms with Crippen LogP contribution < -0.4 is 20.3 Å². The third kappa shape index (κ3) is 4.07. The fraction of sp³-hybridized carbons (Fsp3) is 0.370. The first kappa shape index (κ1) is 24.4. The predicted octanol–water partition coefficient (Wildman–Crippen LogP) is 3.66. The molecule has 1 aromatic carbocycles. The van der Waals surface area contributed by atoms with Crippen molar-refractivity contribution in [3.8, 4) is 11.3 Å². The Kier molecular flexibility index (Phi) is 6.02. The lowest BCUT2D eigenvalue weighted by atomic mass is 10.0. The highest BCUT2D eigenvalue weighted by atomic mass is 19.3. The summed E-state index contributed by atoms with van der Waals surface area (Å²) in [5.74, 6) is 0. The first-order chi connectivity index (χ1) is 18.3. The van der Waals surface area contributed by atoms with E-state index in [0.717, 1.165) is 45.8 Å². The van der Waals surface area contributed by atoms with Crippen molar-refractivity contribution in [1.82, 2.24) is 19.3 Å². The topological polar surface area (TPSA) is 71.7 Å². The smallest absolute Gasteiger partial charge is 0.315 e. The van der Waals surface area contributed by atoms with Crippen LogP contribution in [-0.2, 0) is 18.8 Å². The van der Waals surface area contributed by atoms with E-state index in [-0.39, 0.29) is 12.1 Å². The standard InChI is InChI=1S/C27H29F2N7O2/c1-17-10-20-22(33(3)26(17)37)11-19(34-6-8-38-9-7-34)12-23(20)35-4-5-36(27(28)29)24-13-21(30-15-25(24)35)18-14-31-32(2)16-18/h10-16,27H,4-9H2,1-3H3. The minimum absolute atomic E-state index is 0.0618. The number of nitrogens with zero attached hydrogens (tertiary/aromatic N) is 7. The van der Waals surface area contributed by atoms with Crippen molar-refractivity contribution in [3.05, 3.63) is 58.8 Å². The van der Waals surface area contributed by atoms with Crippen LogP contribution in [0.4, 0.5) is 31.5 Å². The molecule has 0 bridgehead atoms. The summed E-state index contributed by atoms with van der Waals surface area (Å²) in [5, 5.41) is 5.08. The molecule has 1 fully saturated rings. The van der Waals surface area contributed by atoms with Crippen LogP contribution in [0.5, 0.6) is 0 Å². The van der Waals surface area contributed by atoms with Gasteiger partial charge in [-0.05, 0) is 31.2 Å². The van der Waals surface area contributed by atoms with E-state index in [1.807, 2.05) is 23.2 Å². The van der Waals surface area contributed by atoms with Gasteiger partial charge in [0.2, 0.25) is 0 Å². The summed E-state index contributed by atoms with van der Waals surface area (Å²) in [4.78, 5) is 22.9. The second-order valence-electron chi connectivity index (χ2n) is 9.77. The maximum absolute atomic E-state index is 14.2. The van der Waals surface area contributed by atoms with E-state index in [0.29, 0.717) is 42.4 Å². The number of rotatable bonds is 4. The minimum atomic E-state index is -2.65. The molecule has 3 aromatic heterocycles. The molecule has 0 spiro atoms. The third-order valence-electron chi connectivity index (χ3n) is 7.42. The molecule has 11 heteroatoms. The van der Waals surface area contributed by atoms with Crippen LogP contribution in [0.2, 0.25) is 0 Å². The van der Waals surface area contributed by atoms with Gasteiger partial charge in [0, 0.05) is 68.7 Å². The van der Waals surface area contributed by atoms with Crippen LogP contribution in [0, 0.1) is 6.92 Å². The van der Waals surface area contributed by atoms with Gasteiger partial charge in [-0.15, -0.1) is 0 Å². The lowest BCUT2D eigenvalue weighted by Crippen LogP contribution is -2.42. The summed E-state index contributed by atoms with van der Waals surface area (Å²) in [7, 11) is 3.58. The van der Waals surface area contributed by atoms with Gasteiger partial charge < -0.3 is 24.0 Å². The number of pyridine rings is 2. The summed E-state index contributed by atoms with van der Waals surface area (Å²) >= 11 is 0. The van der Waals surface area contributed by atoms with Crippen molar-refractivity contribution in [3.63, 3.8) is 0 Å². The molecule has 2 aliphatic rings. The number of aryl methyl sites for hydroxylation is 3. The summed E-state index contributed by atoms with van der Waals surface area (Å²) in [6, 6.07) is 7.73. The van der Waals surface area contributed by atoms with E-state index in [9.17, 15) is 13.6 Å². The molecule has 38 heavy (non-hydrogen) atoms. The van der Waals surface area contributed by atoms with Crippen molar-refractivity contribution in [2.75, 3.05) is 54.1 Å². The highest BCUT2D eigenvalue weighted by molar-refractivity contribution is 5.99. The number of morpholine rings is 1. The zero-order valence-electron chi connectivity index (χ0n) is 21.6. The van der Waals surface area contributed by atoms with E-state index < -0.39 is 6.55 Å². The van der Waals surface area contributed by atoms with E-state index in [1.165, 1.54) is 0 Å². The molecule has 0 saturated carbocycles. The zero-order valence-corrected chi connectivity index (χ0v) is 21.6. The second kappa shape index (κ2) is 9.39. The van der Waals surface area contributed by atoms with E-state index in [1.54, 1.807) is 48.7 Å². The van der Waals surface area contributed by atoms with Gasteiger partial charge in [-0.2, -0.15) is 13.9 Å². The molecule has 6 rings (SSSR count). The summed E-state index contributed by atoms with van der Waals surface area (Å²) in [5.41, 5.74) is 5.51. The third-order valence-corrected chi connectivity index (χ3v) is 7.42. The maximum Gasteiger partial charge on any atom is 0.315 e. The highest BCUT2D eigenvalue weighted by Gasteiger charge is 2.31. The Morgan fingerprint density at radius 1 is 0.947 bits per heavy atom. The molecule has 198 valence electrons. The van der Waals surface area contributed by atoms with Crippen LogP contribution in [-0.4, -0.2) is 65.3 Å². The lowest BCUT2D eigenvalue weighted by molar-refractivity contribution is 0.122. The lowest BCUT2D eigenvalue weighted by Gasteiger charge is -2.39. The van der Waals surface area contributed by atoms with Gasteiger partial charge in [-0.3, -0.25) is 14.5 Å². The van der Waals surface area contributed by atoms with Crippen LogP contribution in [0.25, 0.3) is 22.2 Å². The van der Waals surface area contributed by atoms with Gasteiger partial charge >= 0.3 is 6.55 Å². The number of benzene rings is 1. The van der Waals surface area contributed by atoms with Gasteiger partial charge in [-0.1, -0.05) is 0 Å². The zero-order chi connectivity index (χ0) is 26.6. The maximum atomic E-state index is 14.2. The monoisotopic (exact) mass is 521 g/mol. The molecule has 0 unspecified atom stereocenters. The number of halogens is 2. The first-order valence-electron chi connectivity index (χ1n) is 12.6. The molecule has 0 amide bonds. The van der Waals surface area contributed by atoms with E-state index >= 15 is 0 Å². The average Bonchev–Trinajstić information content (AvgIpc) is 3.37. The summed E-state index contributed by atoms with van der Waals surface area (Å²) in [6.07, 6.45) is 5.14. The molecule has 0 aliphatic carbocycles. The molecule has 9 nitrogen and oxygen atoms in total. The molecule has 0 atom stereocenters. The number of hydrogen-bond donors (Lipinski definition) is 0. The largest absolute Gasteiger partial charge is 0.378 e. The Morgan fingerprint density at radius 3 is 2.45 bits per heavy atom. The Morgan fingerprint density at radius 2 is 1.74 bits per heavy atom. The Balaban J connectivity index is 1.55. The van der Waals surface area contributed by atoms with Crippen LogP contribution in [0.3, 0.4) is 0 Å². The fourth-order valence-electron chi connectivity index (χ4n) is 5.40. The SMILES string of the molecule is Cc1cc2c(N3CCN(C(F)F)c4cc(-c5cnn(C)c5)ncc43)cc(N3CCOCC3)cc2n(C)c1=O. The quantitative estimate of drug-likeness (QED) is 0.380. The Labute approximate surface area is 218 Å². The number of ether oxygens (including phenoxy) is 1. The normalized spacial score (nSPS) is 16.0. The van der Waals surface area contributed by atoms with E-state index in [2.05, 4.69) is 21.0 Å². The highest BCUT2D eigenvalue weighted by Crippen LogP contribution is 2.43. The summed E-state index contributed by atoms with van der Waals surface area (Å²) in [6.45, 7) is 2.33. The van der Waals surface area contributed by atoms with Crippen molar-refractivity contribution >= 4 is 33.7 Å². The molecule has 2 aliphatic heterocycles. The van der Waals surface area contributed by atoms with Gasteiger partial charge in [-0.25, -0.2) is 0 Å². The number of fused-ring (bicyclic) bond motifs is 2. The minimum Gasteiger partial charge on any atom is -0.378 e. The molecule has 5 heterocycles. The number of anilines is 4. The Hall–Kier alpha value is -3.99. The first-order valence-corrected chi connectivity index (χ1v) is 12.6. The molecular formula is C27H29F2N7O2. The van der Waals surface area contributed by atoms with Crippen LogP contribution in [0.1, 0.15) is 5.56 Å². The molecular weight excluding hydrogens is 492 g/mol. The van der Waals surface area contributed by atoms with Crippen molar-refractivity contribution < 1.29 is 13.5 Å². The molecule has 4 aromatic rings. The number of alkyl halides is 2. The van der Waals surface area contributed by atoms with Crippen molar-refractivity contribution in [1.29, 1.82) is 0 Å². The van der Waals surface area contributed by atoms with Crippen LogP contribution in [0.15, 0.2) is 47.7 Å². The van der Waals surface area contributed by atoms with Gasteiger partial charge in [0.15, 0.2) is 0 Å². The Bertz CT molecular complexity index is 1580. The van der Waals surface area contributed by atoms with Gasteiger partial charge in [0.25, 0.3) is 5.56 Å². The van der Waals surface area contributed by atoms with Crippen molar-refractivity contribution in [2.45, 2.75) is 13.5 Å². The van der Waals surface area contributed by atoms with Crippen molar-refractivity contribution in [2.24, 2.45) is 14.1 Å². The average molecular weight is 522 g/mol. The van der Waals surface area contributed by atoms with E-state index in [4.69, 9.17) is 4.74 Å².